The molecular formula is C14H13N7O. The van der Waals surface area contributed by atoms with E-state index in [1.807, 2.05) is 6.07 Å². The fourth-order valence-corrected chi connectivity index (χ4v) is 2.84. The van der Waals surface area contributed by atoms with Gasteiger partial charge in [0.25, 0.3) is 11.9 Å². The van der Waals surface area contributed by atoms with E-state index in [1.165, 1.54) is 0 Å². The maximum Gasteiger partial charge on any atom is 0.269 e. The highest BCUT2D eigenvalue weighted by molar-refractivity contribution is 5.94. The van der Waals surface area contributed by atoms with E-state index in [4.69, 9.17) is 5.73 Å². The Kier molecular flexibility index (Phi) is 2.59. The fourth-order valence-electron chi connectivity index (χ4n) is 2.84. The summed E-state index contributed by atoms with van der Waals surface area (Å²) in [7, 11) is 1.79. The topological polar surface area (TPSA) is 105 Å². The maximum absolute atomic E-state index is 11.6. The van der Waals surface area contributed by atoms with Gasteiger partial charge in [0.2, 0.25) is 0 Å². The number of carbonyl (C=O) groups is 1. The summed E-state index contributed by atoms with van der Waals surface area (Å²) < 4.78 is 3.26. The Morgan fingerprint density at radius 3 is 2.95 bits per heavy atom. The lowest BCUT2D eigenvalue weighted by Gasteiger charge is -2.16. The molecule has 0 aliphatic heterocycles. The van der Waals surface area contributed by atoms with Gasteiger partial charge in [-0.2, -0.15) is 10.2 Å². The van der Waals surface area contributed by atoms with Gasteiger partial charge >= 0.3 is 0 Å². The SMILES string of the molecule is Cn1nc(C(N)=O)c2c1-c1nc(-n3cccn3)ncc1CC2. The number of hydrogen-bond donors (Lipinski definition) is 1. The number of fused-ring (bicyclic) bond motifs is 3. The number of aromatic nitrogens is 6. The minimum absolute atomic E-state index is 0.322. The predicted octanol–water partition coefficient (Wildman–Crippen LogP) is 0.260. The lowest BCUT2D eigenvalue weighted by atomic mass is 9.93. The van der Waals surface area contributed by atoms with Gasteiger partial charge in [0.15, 0.2) is 5.69 Å². The number of aryl methyl sites for hydroxylation is 2. The molecule has 1 aliphatic carbocycles. The first-order valence-electron chi connectivity index (χ1n) is 6.87. The van der Waals surface area contributed by atoms with E-state index in [2.05, 4.69) is 20.2 Å². The smallest absolute Gasteiger partial charge is 0.269 e. The molecule has 0 bridgehead atoms. The minimum Gasteiger partial charge on any atom is -0.364 e. The van der Waals surface area contributed by atoms with Crippen molar-refractivity contribution >= 4 is 5.91 Å². The van der Waals surface area contributed by atoms with Crippen LogP contribution < -0.4 is 5.73 Å². The van der Waals surface area contributed by atoms with Crippen LogP contribution in [0, 0.1) is 0 Å². The van der Waals surface area contributed by atoms with Crippen LogP contribution >= 0.6 is 0 Å². The number of carbonyl (C=O) groups excluding carboxylic acids is 1. The molecule has 3 heterocycles. The van der Waals surface area contributed by atoms with Gasteiger partial charge in [-0.1, -0.05) is 0 Å². The van der Waals surface area contributed by atoms with Crippen LogP contribution in [-0.4, -0.2) is 35.4 Å². The molecule has 0 fully saturated rings. The van der Waals surface area contributed by atoms with E-state index in [1.54, 1.807) is 35.0 Å². The van der Waals surface area contributed by atoms with Crippen molar-refractivity contribution in [3.05, 3.63) is 41.5 Å². The second-order valence-electron chi connectivity index (χ2n) is 5.16. The van der Waals surface area contributed by atoms with Gasteiger partial charge in [-0.25, -0.2) is 14.6 Å². The summed E-state index contributed by atoms with van der Waals surface area (Å²) in [6.07, 6.45) is 6.72. The summed E-state index contributed by atoms with van der Waals surface area (Å²) in [5.41, 5.74) is 9.23. The highest BCUT2D eigenvalue weighted by atomic mass is 16.1. The molecule has 1 aliphatic rings. The average molecular weight is 295 g/mol. The molecule has 0 saturated carbocycles. The molecule has 0 aromatic carbocycles. The number of primary amides is 1. The molecule has 4 rings (SSSR count). The average Bonchev–Trinajstić information content (AvgIpc) is 3.14. The number of amides is 1. The zero-order valence-electron chi connectivity index (χ0n) is 11.9. The molecule has 3 aromatic rings. The van der Waals surface area contributed by atoms with Crippen molar-refractivity contribution in [3.8, 4) is 17.3 Å². The molecular weight excluding hydrogens is 282 g/mol. The van der Waals surface area contributed by atoms with Gasteiger partial charge in [-0.15, -0.1) is 0 Å². The lowest BCUT2D eigenvalue weighted by Crippen LogP contribution is -2.16. The van der Waals surface area contributed by atoms with Crippen LogP contribution in [0.1, 0.15) is 21.6 Å². The molecule has 3 aromatic heterocycles. The second-order valence-corrected chi connectivity index (χ2v) is 5.16. The van der Waals surface area contributed by atoms with Crippen LogP contribution in [0.4, 0.5) is 0 Å². The van der Waals surface area contributed by atoms with Crippen molar-refractivity contribution in [3.63, 3.8) is 0 Å². The number of nitrogens with two attached hydrogens (primary N) is 1. The van der Waals surface area contributed by atoms with Crippen molar-refractivity contribution in [2.24, 2.45) is 12.8 Å². The molecule has 1 amide bonds. The Morgan fingerprint density at radius 2 is 2.23 bits per heavy atom. The van der Waals surface area contributed by atoms with Gasteiger partial charge in [0.1, 0.15) is 0 Å². The fraction of sp³-hybridized carbons (Fsp3) is 0.214. The van der Waals surface area contributed by atoms with Gasteiger partial charge in [-0.05, 0) is 24.5 Å². The highest BCUT2D eigenvalue weighted by Crippen LogP contribution is 2.33. The minimum atomic E-state index is -0.512. The van der Waals surface area contributed by atoms with E-state index < -0.39 is 5.91 Å². The molecule has 0 saturated heterocycles. The monoisotopic (exact) mass is 295 g/mol. The van der Waals surface area contributed by atoms with Gasteiger partial charge in [0, 0.05) is 31.2 Å². The van der Waals surface area contributed by atoms with Crippen molar-refractivity contribution < 1.29 is 4.79 Å². The zero-order valence-corrected chi connectivity index (χ0v) is 11.9. The molecule has 8 nitrogen and oxygen atoms in total. The highest BCUT2D eigenvalue weighted by Gasteiger charge is 2.28. The Hall–Kier alpha value is -3.03. The molecule has 0 spiro atoms. The Labute approximate surface area is 125 Å². The normalized spacial score (nSPS) is 12.8. The molecule has 2 N–H and O–H groups in total. The molecule has 8 heteroatoms. The molecule has 0 radical (unpaired) electrons. The van der Waals surface area contributed by atoms with Gasteiger partial charge in [0.05, 0.1) is 11.4 Å². The standard InChI is InChI=1S/C14H13N7O/c1-20-12-9(11(19-20)13(15)22)4-3-8-7-16-14(18-10(8)12)21-6-2-5-17-21/h2,5-7H,3-4H2,1H3,(H2,15,22). The van der Waals surface area contributed by atoms with Crippen LogP contribution in [0.25, 0.3) is 17.3 Å². The van der Waals surface area contributed by atoms with Crippen molar-refractivity contribution in [1.29, 1.82) is 0 Å². The summed E-state index contributed by atoms with van der Waals surface area (Å²) in [4.78, 5) is 20.5. The predicted molar refractivity (Wildman–Crippen MR) is 77.3 cm³/mol. The van der Waals surface area contributed by atoms with E-state index in [-0.39, 0.29) is 0 Å². The summed E-state index contributed by atoms with van der Waals surface area (Å²) in [6, 6.07) is 1.81. The van der Waals surface area contributed by atoms with Crippen LogP contribution in [-0.2, 0) is 19.9 Å². The van der Waals surface area contributed by atoms with E-state index >= 15 is 0 Å². The van der Waals surface area contributed by atoms with E-state index in [9.17, 15) is 4.79 Å². The van der Waals surface area contributed by atoms with Crippen LogP contribution in [0.2, 0.25) is 0 Å². The third kappa shape index (κ3) is 1.73. The van der Waals surface area contributed by atoms with Crippen molar-refractivity contribution in [2.45, 2.75) is 12.8 Å². The first kappa shape index (κ1) is 12.7. The van der Waals surface area contributed by atoms with Crippen molar-refractivity contribution in [1.82, 2.24) is 29.5 Å². The summed E-state index contributed by atoms with van der Waals surface area (Å²) >= 11 is 0. The van der Waals surface area contributed by atoms with Crippen LogP contribution in [0.5, 0.6) is 0 Å². The number of rotatable bonds is 2. The van der Waals surface area contributed by atoms with Gasteiger partial charge < -0.3 is 5.73 Å². The largest absolute Gasteiger partial charge is 0.364 e. The maximum atomic E-state index is 11.6. The lowest BCUT2D eigenvalue weighted by molar-refractivity contribution is 0.0994. The number of nitrogens with zero attached hydrogens (tertiary/aromatic N) is 6. The summed E-state index contributed by atoms with van der Waals surface area (Å²) in [5, 5.41) is 8.38. The zero-order chi connectivity index (χ0) is 15.3. The van der Waals surface area contributed by atoms with Crippen LogP contribution in [0.15, 0.2) is 24.7 Å². The third-order valence-electron chi connectivity index (χ3n) is 3.81. The first-order chi connectivity index (χ1) is 10.6. The van der Waals surface area contributed by atoms with Gasteiger partial charge in [-0.3, -0.25) is 9.48 Å². The quantitative estimate of drug-likeness (QED) is 0.730. The van der Waals surface area contributed by atoms with E-state index in [0.29, 0.717) is 18.1 Å². The second kappa shape index (κ2) is 4.48. The molecule has 110 valence electrons. The molecule has 22 heavy (non-hydrogen) atoms. The van der Waals surface area contributed by atoms with Crippen molar-refractivity contribution in [2.75, 3.05) is 0 Å². The number of hydrogen-bond acceptors (Lipinski definition) is 5. The van der Waals surface area contributed by atoms with E-state index in [0.717, 1.165) is 28.9 Å². The molecule has 0 unspecified atom stereocenters. The van der Waals surface area contributed by atoms with Crippen LogP contribution in [0.3, 0.4) is 0 Å². The summed E-state index contributed by atoms with van der Waals surface area (Å²) in [6.45, 7) is 0. The first-order valence-corrected chi connectivity index (χ1v) is 6.87. The Balaban J connectivity index is 1.93. The Bertz CT molecular complexity index is 879. The summed E-state index contributed by atoms with van der Waals surface area (Å²) in [5.74, 6) is -0.0277. The molecule has 0 atom stereocenters. The Morgan fingerprint density at radius 1 is 1.36 bits per heavy atom. The third-order valence-corrected chi connectivity index (χ3v) is 3.81.